The van der Waals surface area contributed by atoms with Crippen molar-refractivity contribution in [2.24, 2.45) is 0 Å². The van der Waals surface area contributed by atoms with Crippen LogP contribution in [0, 0.1) is 0 Å². The van der Waals surface area contributed by atoms with Gasteiger partial charge < -0.3 is 10.2 Å². The summed E-state index contributed by atoms with van der Waals surface area (Å²) in [7, 11) is 1.62. The second-order valence-corrected chi connectivity index (χ2v) is 4.14. The third-order valence-corrected chi connectivity index (χ3v) is 2.05. The van der Waals surface area contributed by atoms with E-state index in [1.165, 1.54) is 4.90 Å². The van der Waals surface area contributed by atoms with Crippen LogP contribution in [0.4, 0.5) is 0 Å². The van der Waals surface area contributed by atoms with E-state index in [1.807, 2.05) is 13.8 Å². The average molecular weight is 235 g/mol. The number of hydrogen-bond donors (Lipinski definition) is 1. The molecule has 0 aliphatic heterocycles. The van der Waals surface area contributed by atoms with Gasteiger partial charge in [0.2, 0.25) is 11.8 Å². The molecule has 1 N–H and O–H groups in total. The zero-order valence-corrected chi connectivity index (χ0v) is 10.3. The van der Waals surface area contributed by atoms with E-state index in [2.05, 4.69) is 5.32 Å². The topological polar surface area (TPSA) is 49.4 Å². The lowest BCUT2D eigenvalue weighted by atomic mass is 10.3. The second kappa shape index (κ2) is 7.51. The number of nitrogens with zero attached hydrogens (tertiary/aromatic N) is 1. The summed E-state index contributed by atoms with van der Waals surface area (Å²) >= 11 is 5.47. The SMILES string of the molecule is CC(C)NC(=O)CN(C)C(=O)CCCCl. The van der Waals surface area contributed by atoms with Crippen molar-refractivity contribution in [3.8, 4) is 0 Å². The molecule has 0 rings (SSSR count). The lowest BCUT2D eigenvalue weighted by Crippen LogP contribution is -2.40. The molecule has 0 atom stereocenters. The fourth-order valence-corrected chi connectivity index (χ4v) is 1.21. The number of hydrogen-bond acceptors (Lipinski definition) is 2. The molecular weight excluding hydrogens is 216 g/mol. The number of nitrogens with one attached hydrogen (secondary N) is 1. The Balaban J connectivity index is 3.85. The van der Waals surface area contributed by atoms with E-state index in [4.69, 9.17) is 11.6 Å². The van der Waals surface area contributed by atoms with E-state index in [0.717, 1.165) is 0 Å². The van der Waals surface area contributed by atoms with Crippen LogP contribution in [0.15, 0.2) is 0 Å². The first-order chi connectivity index (χ1) is 6.97. The van der Waals surface area contributed by atoms with Gasteiger partial charge >= 0.3 is 0 Å². The molecule has 0 aliphatic rings. The first-order valence-electron chi connectivity index (χ1n) is 5.06. The molecule has 0 heterocycles. The molecule has 0 fully saturated rings. The molecule has 2 amide bonds. The van der Waals surface area contributed by atoms with Crippen LogP contribution in [0.5, 0.6) is 0 Å². The Morgan fingerprint density at radius 1 is 1.40 bits per heavy atom. The molecule has 0 aromatic carbocycles. The number of amides is 2. The molecule has 0 aromatic rings. The van der Waals surface area contributed by atoms with Gasteiger partial charge in [-0.1, -0.05) is 0 Å². The van der Waals surface area contributed by atoms with Crippen molar-refractivity contribution in [1.29, 1.82) is 0 Å². The van der Waals surface area contributed by atoms with Crippen molar-refractivity contribution in [1.82, 2.24) is 10.2 Å². The van der Waals surface area contributed by atoms with Gasteiger partial charge in [-0.2, -0.15) is 0 Å². The van der Waals surface area contributed by atoms with Gasteiger partial charge in [-0.15, -0.1) is 11.6 Å². The molecule has 88 valence electrons. The lowest BCUT2D eigenvalue weighted by molar-refractivity contribution is -0.134. The summed E-state index contributed by atoms with van der Waals surface area (Å²) < 4.78 is 0. The highest BCUT2D eigenvalue weighted by Gasteiger charge is 2.12. The van der Waals surface area contributed by atoms with Crippen molar-refractivity contribution < 1.29 is 9.59 Å². The smallest absolute Gasteiger partial charge is 0.239 e. The molecule has 0 bridgehead atoms. The number of carbonyl (C=O) groups is 2. The summed E-state index contributed by atoms with van der Waals surface area (Å²) in [4.78, 5) is 24.1. The largest absolute Gasteiger partial charge is 0.352 e. The standard InChI is InChI=1S/C10H19ClN2O2/c1-8(2)12-9(14)7-13(3)10(15)5-4-6-11/h8H,4-7H2,1-3H3,(H,12,14). The van der Waals surface area contributed by atoms with Crippen molar-refractivity contribution in [2.75, 3.05) is 19.5 Å². The Bertz CT molecular complexity index is 219. The normalized spacial score (nSPS) is 10.2. The molecule has 15 heavy (non-hydrogen) atoms. The van der Waals surface area contributed by atoms with E-state index in [0.29, 0.717) is 18.7 Å². The minimum Gasteiger partial charge on any atom is -0.352 e. The number of alkyl halides is 1. The molecule has 5 heteroatoms. The van der Waals surface area contributed by atoms with Crippen LogP contribution >= 0.6 is 11.6 Å². The predicted octanol–water partition coefficient (Wildman–Crippen LogP) is 0.988. The van der Waals surface area contributed by atoms with Crippen molar-refractivity contribution in [3.05, 3.63) is 0 Å². The first kappa shape index (κ1) is 14.2. The summed E-state index contributed by atoms with van der Waals surface area (Å²) in [6, 6.07) is 0.101. The molecule has 0 spiro atoms. The number of halogens is 1. The molecular formula is C10H19ClN2O2. The molecule has 0 saturated heterocycles. The monoisotopic (exact) mass is 234 g/mol. The zero-order valence-electron chi connectivity index (χ0n) is 9.55. The van der Waals surface area contributed by atoms with Crippen LogP contribution in [0.1, 0.15) is 26.7 Å². The van der Waals surface area contributed by atoms with E-state index in [-0.39, 0.29) is 24.4 Å². The highest BCUT2D eigenvalue weighted by atomic mass is 35.5. The van der Waals surface area contributed by atoms with Gasteiger partial charge in [-0.05, 0) is 20.3 Å². The number of rotatable bonds is 6. The third kappa shape index (κ3) is 7.19. The maximum Gasteiger partial charge on any atom is 0.239 e. The number of carbonyl (C=O) groups excluding carboxylic acids is 2. The van der Waals surface area contributed by atoms with Gasteiger partial charge in [0.15, 0.2) is 0 Å². The molecule has 0 saturated carbocycles. The molecule has 4 nitrogen and oxygen atoms in total. The Morgan fingerprint density at radius 3 is 2.47 bits per heavy atom. The Labute approximate surface area is 96.0 Å². The molecule has 0 aliphatic carbocycles. The molecule has 0 radical (unpaired) electrons. The van der Waals surface area contributed by atoms with Gasteiger partial charge in [0.1, 0.15) is 0 Å². The van der Waals surface area contributed by atoms with Crippen LogP contribution in [-0.4, -0.2) is 42.2 Å². The molecule has 0 unspecified atom stereocenters. The van der Waals surface area contributed by atoms with Crippen molar-refractivity contribution >= 4 is 23.4 Å². The molecule has 0 aromatic heterocycles. The van der Waals surface area contributed by atoms with Crippen LogP contribution in [0.2, 0.25) is 0 Å². The van der Waals surface area contributed by atoms with Crippen molar-refractivity contribution in [3.63, 3.8) is 0 Å². The Hall–Kier alpha value is -0.770. The first-order valence-corrected chi connectivity index (χ1v) is 5.60. The van der Waals surface area contributed by atoms with Crippen LogP contribution < -0.4 is 5.32 Å². The third-order valence-electron chi connectivity index (χ3n) is 1.78. The minimum atomic E-state index is -0.133. The second-order valence-electron chi connectivity index (χ2n) is 3.76. The van der Waals surface area contributed by atoms with Gasteiger partial charge in [0.25, 0.3) is 0 Å². The maximum absolute atomic E-state index is 11.4. The Kier molecular flexibility index (Phi) is 7.13. The summed E-state index contributed by atoms with van der Waals surface area (Å²) in [5, 5.41) is 2.73. The fourth-order valence-electron chi connectivity index (χ4n) is 1.08. The van der Waals surface area contributed by atoms with Gasteiger partial charge in [-0.3, -0.25) is 9.59 Å². The summed E-state index contributed by atoms with van der Waals surface area (Å²) in [6.45, 7) is 3.87. The van der Waals surface area contributed by atoms with Gasteiger partial charge in [0, 0.05) is 25.4 Å². The van der Waals surface area contributed by atoms with Crippen LogP contribution in [0.3, 0.4) is 0 Å². The highest BCUT2D eigenvalue weighted by Crippen LogP contribution is 1.97. The minimum absolute atomic E-state index is 0.0467. The van der Waals surface area contributed by atoms with Gasteiger partial charge in [0.05, 0.1) is 6.54 Å². The summed E-state index contributed by atoms with van der Waals surface area (Å²) in [5.74, 6) is 0.291. The van der Waals surface area contributed by atoms with E-state index >= 15 is 0 Å². The van der Waals surface area contributed by atoms with Crippen molar-refractivity contribution in [2.45, 2.75) is 32.7 Å². The fraction of sp³-hybridized carbons (Fsp3) is 0.800. The van der Waals surface area contributed by atoms with Crippen LogP contribution in [-0.2, 0) is 9.59 Å². The maximum atomic E-state index is 11.4. The predicted molar refractivity (Wildman–Crippen MR) is 60.9 cm³/mol. The summed E-state index contributed by atoms with van der Waals surface area (Å²) in [5.41, 5.74) is 0. The zero-order chi connectivity index (χ0) is 11.8. The quantitative estimate of drug-likeness (QED) is 0.697. The Morgan fingerprint density at radius 2 is 2.00 bits per heavy atom. The van der Waals surface area contributed by atoms with E-state index < -0.39 is 0 Å². The van der Waals surface area contributed by atoms with E-state index in [1.54, 1.807) is 7.05 Å². The lowest BCUT2D eigenvalue weighted by Gasteiger charge is -2.17. The highest BCUT2D eigenvalue weighted by molar-refractivity contribution is 6.17. The number of likely N-dealkylation sites (N-methyl/N-ethyl adjacent to an activating group) is 1. The average Bonchev–Trinajstić information content (AvgIpc) is 2.12. The van der Waals surface area contributed by atoms with Gasteiger partial charge in [-0.25, -0.2) is 0 Å². The summed E-state index contributed by atoms with van der Waals surface area (Å²) in [6.07, 6.45) is 1.05. The van der Waals surface area contributed by atoms with E-state index in [9.17, 15) is 9.59 Å². The van der Waals surface area contributed by atoms with Crippen LogP contribution in [0.25, 0.3) is 0 Å².